The van der Waals surface area contributed by atoms with Gasteiger partial charge in [0.2, 0.25) is 0 Å². The first-order valence-electron chi connectivity index (χ1n) is 9.03. The summed E-state index contributed by atoms with van der Waals surface area (Å²) in [5.41, 5.74) is 3.18. The predicted molar refractivity (Wildman–Crippen MR) is 98.6 cm³/mol. The third-order valence-electron chi connectivity index (χ3n) is 4.95. The molecule has 1 saturated heterocycles. The monoisotopic (exact) mass is 363 g/mol. The van der Waals surface area contributed by atoms with E-state index in [0.717, 1.165) is 49.4 Å². The zero-order valence-corrected chi connectivity index (χ0v) is 15.2. The lowest BCUT2D eigenvalue weighted by atomic mass is 9.92. The lowest BCUT2D eigenvalue weighted by molar-refractivity contribution is 0.0683. The number of imidazole rings is 1. The van der Waals surface area contributed by atoms with E-state index in [0.29, 0.717) is 11.6 Å². The predicted octanol–water partition coefficient (Wildman–Crippen LogP) is 1.76. The van der Waals surface area contributed by atoms with Crippen molar-refractivity contribution in [1.82, 2.24) is 34.4 Å². The molecule has 0 aliphatic carbocycles. The highest BCUT2D eigenvalue weighted by Crippen LogP contribution is 2.23. The highest BCUT2D eigenvalue weighted by atomic mass is 16.2. The smallest absolute Gasteiger partial charge is 0.274 e. The zero-order valence-electron chi connectivity index (χ0n) is 15.2. The Kier molecular flexibility index (Phi) is 4.86. The van der Waals surface area contributed by atoms with Gasteiger partial charge >= 0.3 is 0 Å². The number of carbonyl (C=O) groups is 1. The van der Waals surface area contributed by atoms with Gasteiger partial charge in [-0.2, -0.15) is 0 Å². The number of aromatic nitrogens is 6. The van der Waals surface area contributed by atoms with Crippen LogP contribution in [-0.2, 0) is 13.5 Å². The minimum Gasteiger partial charge on any atom is -0.337 e. The molecule has 0 saturated carbocycles. The molecule has 0 spiro atoms. The van der Waals surface area contributed by atoms with E-state index >= 15 is 0 Å². The second-order valence-corrected chi connectivity index (χ2v) is 6.82. The topological polar surface area (TPSA) is 89.7 Å². The highest BCUT2D eigenvalue weighted by Gasteiger charge is 2.25. The van der Waals surface area contributed by atoms with E-state index in [1.807, 2.05) is 22.7 Å². The number of nitrogens with zero attached hydrogens (tertiary/aromatic N) is 7. The first-order valence-corrected chi connectivity index (χ1v) is 9.03. The Morgan fingerprint density at radius 1 is 1.07 bits per heavy atom. The highest BCUT2D eigenvalue weighted by molar-refractivity contribution is 5.92. The summed E-state index contributed by atoms with van der Waals surface area (Å²) in [6.07, 6.45) is 14.6. The van der Waals surface area contributed by atoms with Gasteiger partial charge in [0.1, 0.15) is 11.4 Å². The first-order chi connectivity index (χ1) is 13.2. The molecule has 3 aromatic rings. The van der Waals surface area contributed by atoms with Crippen LogP contribution >= 0.6 is 0 Å². The number of piperidine rings is 1. The van der Waals surface area contributed by atoms with Crippen LogP contribution in [0.2, 0.25) is 0 Å². The molecule has 8 heteroatoms. The maximum atomic E-state index is 12.5. The van der Waals surface area contributed by atoms with Gasteiger partial charge in [-0.25, -0.2) is 15.0 Å². The average molecular weight is 363 g/mol. The molecular formula is C19H21N7O. The molecule has 1 aliphatic heterocycles. The van der Waals surface area contributed by atoms with Gasteiger partial charge in [-0.05, 0) is 25.2 Å². The Morgan fingerprint density at radius 2 is 1.93 bits per heavy atom. The van der Waals surface area contributed by atoms with E-state index in [1.54, 1.807) is 31.1 Å². The van der Waals surface area contributed by atoms with Crippen molar-refractivity contribution in [3.05, 3.63) is 54.9 Å². The van der Waals surface area contributed by atoms with Crippen molar-refractivity contribution in [2.45, 2.75) is 19.3 Å². The lowest BCUT2D eigenvalue weighted by Crippen LogP contribution is -2.39. The van der Waals surface area contributed by atoms with E-state index in [-0.39, 0.29) is 5.91 Å². The molecule has 138 valence electrons. The number of likely N-dealkylation sites (tertiary alicyclic amines) is 1. The summed E-state index contributed by atoms with van der Waals surface area (Å²) in [6.45, 7) is 1.46. The minimum absolute atomic E-state index is 0.0421. The third-order valence-corrected chi connectivity index (χ3v) is 4.95. The van der Waals surface area contributed by atoms with Crippen LogP contribution in [0.5, 0.6) is 0 Å². The maximum absolute atomic E-state index is 12.5. The van der Waals surface area contributed by atoms with Gasteiger partial charge in [-0.1, -0.05) is 0 Å². The molecule has 1 aliphatic rings. The Hall–Kier alpha value is -3.16. The molecule has 1 fully saturated rings. The van der Waals surface area contributed by atoms with Crippen LogP contribution in [0, 0.1) is 5.92 Å². The number of rotatable bonds is 4. The Bertz CT molecular complexity index is 917. The average Bonchev–Trinajstić information content (AvgIpc) is 3.15. The lowest BCUT2D eigenvalue weighted by Gasteiger charge is -2.31. The molecule has 3 aromatic heterocycles. The van der Waals surface area contributed by atoms with Crippen LogP contribution in [0.1, 0.15) is 29.0 Å². The normalized spacial score (nSPS) is 15.1. The van der Waals surface area contributed by atoms with Gasteiger partial charge in [0, 0.05) is 38.7 Å². The Morgan fingerprint density at radius 3 is 2.63 bits per heavy atom. The van der Waals surface area contributed by atoms with Crippen LogP contribution in [-0.4, -0.2) is 53.4 Å². The summed E-state index contributed by atoms with van der Waals surface area (Å²) in [6, 6.07) is 0. The van der Waals surface area contributed by atoms with Gasteiger partial charge in [-0.3, -0.25) is 14.8 Å². The standard InChI is InChI=1S/C19H21N7O/c1-25-13-22-12-18(25)16-10-21-9-15(24-16)8-14-2-6-26(7-3-14)19(27)17-11-20-4-5-23-17/h4-5,9-14H,2-3,6-8H2,1H3. The van der Waals surface area contributed by atoms with E-state index in [2.05, 4.69) is 19.9 Å². The van der Waals surface area contributed by atoms with Crippen LogP contribution in [0.15, 0.2) is 43.5 Å². The number of hydrogen-bond donors (Lipinski definition) is 0. The SMILES string of the molecule is Cn1cncc1-c1cncc(CC2CCN(C(=O)c3cnccn3)CC2)n1. The molecule has 0 radical (unpaired) electrons. The molecule has 8 nitrogen and oxygen atoms in total. The second-order valence-electron chi connectivity index (χ2n) is 6.82. The fraction of sp³-hybridized carbons (Fsp3) is 0.368. The van der Waals surface area contributed by atoms with Crippen molar-refractivity contribution in [3.8, 4) is 11.4 Å². The van der Waals surface area contributed by atoms with Crippen molar-refractivity contribution in [3.63, 3.8) is 0 Å². The summed E-state index contributed by atoms with van der Waals surface area (Å²) in [7, 11) is 1.94. The molecular weight excluding hydrogens is 342 g/mol. The fourth-order valence-electron chi connectivity index (χ4n) is 3.44. The number of carbonyl (C=O) groups excluding carboxylic acids is 1. The van der Waals surface area contributed by atoms with Crippen molar-refractivity contribution in [2.24, 2.45) is 13.0 Å². The Balaban J connectivity index is 1.37. The van der Waals surface area contributed by atoms with E-state index in [9.17, 15) is 4.79 Å². The summed E-state index contributed by atoms with van der Waals surface area (Å²) in [5, 5.41) is 0. The van der Waals surface area contributed by atoms with E-state index in [4.69, 9.17) is 4.98 Å². The summed E-state index contributed by atoms with van der Waals surface area (Å²) >= 11 is 0. The van der Waals surface area contributed by atoms with Crippen LogP contribution in [0.25, 0.3) is 11.4 Å². The fourth-order valence-corrected chi connectivity index (χ4v) is 3.44. The second kappa shape index (κ2) is 7.61. The van der Waals surface area contributed by atoms with Gasteiger partial charge in [0.15, 0.2) is 0 Å². The van der Waals surface area contributed by atoms with Crippen LogP contribution in [0.3, 0.4) is 0 Å². The molecule has 0 unspecified atom stereocenters. The molecule has 1 amide bonds. The maximum Gasteiger partial charge on any atom is 0.274 e. The van der Waals surface area contributed by atoms with Crippen molar-refractivity contribution in [1.29, 1.82) is 0 Å². The molecule has 0 aromatic carbocycles. The number of hydrogen-bond acceptors (Lipinski definition) is 6. The summed E-state index contributed by atoms with van der Waals surface area (Å²) in [5.74, 6) is 0.451. The van der Waals surface area contributed by atoms with Crippen LogP contribution in [0.4, 0.5) is 0 Å². The molecule has 27 heavy (non-hydrogen) atoms. The van der Waals surface area contributed by atoms with Gasteiger partial charge in [-0.15, -0.1) is 0 Å². The summed E-state index contributed by atoms with van der Waals surface area (Å²) in [4.78, 5) is 35.6. The molecule has 0 N–H and O–H groups in total. The molecule has 4 heterocycles. The van der Waals surface area contributed by atoms with E-state index in [1.165, 1.54) is 6.20 Å². The molecule has 0 bridgehead atoms. The summed E-state index contributed by atoms with van der Waals surface area (Å²) < 4.78 is 1.93. The van der Waals surface area contributed by atoms with Gasteiger partial charge < -0.3 is 9.47 Å². The molecule has 0 atom stereocenters. The first kappa shape index (κ1) is 17.3. The third kappa shape index (κ3) is 3.84. The van der Waals surface area contributed by atoms with Gasteiger partial charge in [0.05, 0.1) is 36.3 Å². The minimum atomic E-state index is -0.0421. The number of aryl methyl sites for hydroxylation is 1. The molecule has 4 rings (SSSR count). The number of amides is 1. The quantitative estimate of drug-likeness (QED) is 0.702. The van der Waals surface area contributed by atoms with Gasteiger partial charge in [0.25, 0.3) is 5.91 Å². The van der Waals surface area contributed by atoms with E-state index < -0.39 is 0 Å². The van der Waals surface area contributed by atoms with Crippen molar-refractivity contribution >= 4 is 5.91 Å². The van der Waals surface area contributed by atoms with Crippen molar-refractivity contribution in [2.75, 3.05) is 13.1 Å². The Labute approximate surface area is 157 Å². The zero-order chi connectivity index (χ0) is 18.6. The van der Waals surface area contributed by atoms with Crippen LogP contribution < -0.4 is 0 Å². The van der Waals surface area contributed by atoms with Crippen molar-refractivity contribution < 1.29 is 4.79 Å². The largest absolute Gasteiger partial charge is 0.337 e.